The summed E-state index contributed by atoms with van der Waals surface area (Å²) in [4.78, 5) is 4.73. The van der Waals surface area contributed by atoms with Crippen LogP contribution >= 0.6 is 11.6 Å². The molecule has 0 aliphatic carbocycles. The molecule has 0 unspecified atom stereocenters. The Balaban J connectivity index is 1.45. The lowest BCUT2D eigenvalue weighted by atomic mass is 9.77. The lowest BCUT2D eigenvalue weighted by Crippen LogP contribution is -2.42. The van der Waals surface area contributed by atoms with Crippen LogP contribution in [0.1, 0.15) is 37.4 Å². The van der Waals surface area contributed by atoms with Crippen molar-refractivity contribution in [3.8, 4) is 18.4 Å². The number of aromatic nitrogens is 2. The summed E-state index contributed by atoms with van der Waals surface area (Å²) in [5.41, 5.74) is 2.50. The van der Waals surface area contributed by atoms with Gasteiger partial charge in [-0.15, -0.1) is 16.6 Å². The molecule has 0 amide bonds. The maximum absolute atomic E-state index is 9.10. The lowest BCUT2D eigenvalue weighted by molar-refractivity contribution is 0.244. The molecule has 0 bridgehead atoms. The molecule has 0 radical (unpaired) electrons. The summed E-state index contributed by atoms with van der Waals surface area (Å²) in [5, 5.41) is 18.0. The van der Waals surface area contributed by atoms with Crippen LogP contribution in [0.25, 0.3) is 0 Å². The Morgan fingerprint density at radius 2 is 2.00 bits per heavy atom. The third-order valence-corrected chi connectivity index (χ3v) is 6.43. The van der Waals surface area contributed by atoms with Crippen molar-refractivity contribution in [2.45, 2.75) is 32.2 Å². The van der Waals surface area contributed by atoms with E-state index in [0.29, 0.717) is 27.7 Å². The van der Waals surface area contributed by atoms with Crippen molar-refractivity contribution in [1.82, 2.24) is 10.2 Å². The van der Waals surface area contributed by atoms with Gasteiger partial charge in [0.15, 0.2) is 5.82 Å². The Bertz CT molecular complexity index is 948. The monoisotopic (exact) mass is 391 g/mol. The molecule has 1 spiro atoms. The maximum atomic E-state index is 9.10. The number of nitrogens with zero attached hydrogens (tertiary/aromatic N) is 5. The van der Waals surface area contributed by atoms with Crippen LogP contribution in [0.4, 0.5) is 11.5 Å². The molecular weight excluding hydrogens is 370 g/mol. The molecule has 2 aliphatic heterocycles. The molecule has 142 valence electrons. The van der Waals surface area contributed by atoms with Crippen LogP contribution in [0, 0.1) is 29.1 Å². The van der Waals surface area contributed by atoms with E-state index in [2.05, 4.69) is 38.9 Å². The van der Waals surface area contributed by atoms with Crippen molar-refractivity contribution in [2.24, 2.45) is 5.41 Å². The van der Waals surface area contributed by atoms with Gasteiger partial charge >= 0.3 is 0 Å². The zero-order valence-corrected chi connectivity index (χ0v) is 16.7. The van der Waals surface area contributed by atoms with E-state index in [-0.39, 0.29) is 0 Å². The zero-order chi connectivity index (χ0) is 19.7. The Morgan fingerprint density at radius 1 is 1.21 bits per heavy atom. The van der Waals surface area contributed by atoms with Crippen LogP contribution in [-0.4, -0.2) is 35.9 Å². The van der Waals surface area contributed by atoms with Crippen molar-refractivity contribution in [2.75, 3.05) is 29.4 Å². The van der Waals surface area contributed by atoms with Crippen LogP contribution in [0.5, 0.6) is 0 Å². The topological polar surface area (TPSA) is 56.0 Å². The molecule has 1 atom stereocenters. The highest BCUT2D eigenvalue weighted by Crippen LogP contribution is 2.45. The van der Waals surface area contributed by atoms with Crippen LogP contribution in [0.15, 0.2) is 30.3 Å². The second-order valence-electron chi connectivity index (χ2n) is 7.87. The largest absolute Gasteiger partial charge is 0.368 e. The second-order valence-corrected chi connectivity index (χ2v) is 8.27. The van der Waals surface area contributed by atoms with E-state index < -0.39 is 0 Å². The maximum Gasteiger partial charge on any atom is 0.151 e. The van der Waals surface area contributed by atoms with Crippen molar-refractivity contribution in [1.29, 1.82) is 5.26 Å². The molecule has 1 aromatic carbocycles. The van der Waals surface area contributed by atoms with Gasteiger partial charge in [-0.3, -0.25) is 0 Å². The van der Waals surface area contributed by atoms with Gasteiger partial charge < -0.3 is 9.80 Å². The van der Waals surface area contributed by atoms with Gasteiger partial charge in [0.2, 0.25) is 0 Å². The smallest absolute Gasteiger partial charge is 0.151 e. The Labute approximate surface area is 170 Å². The summed E-state index contributed by atoms with van der Waals surface area (Å²) < 4.78 is 0. The summed E-state index contributed by atoms with van der Waals surface area (Å²) in [6, 6.07) is 12.1. The molecule has 2 aliphatic rings. The van der Waals surface area contributed by atoms with Crippen LogP contribution in [0.3, 0.4) is 0 Å². The van der Waals surface area contributed by atoms with Gasteiger partial charge in [-0.2, -0.15) is 5.26 Å². The average molecular weight is 392 g/mol. The summed E-state index contributed by atoms with van der Waals surface area (Å²) in [6.07, 6.45) is 8.77. The summed E-state index contributed by atoms with van der Waals surface area (Å²) >= 11 is 6.26. The minimum absolute atomic E-state index is 0.308. The highest BCUT2D eigenvalue weighted by Gasteiger charge is 2.44. The van der Waals surface area contributed by atoms with Crippen LogP contribution < -0.4 is 9.80 Å². The molecule has 2 fully saturated rings. The molecule has 3 heterocycles. The fourth-order valence-corrected chi connectivity index (χ4v) is 4.80. The molecule has 28 heavy (non-hydrogen) atoms. The fraction of sp³-hybridized carbons (Fsp3) is 0.409. The zero-order valence-electron chi connectivity index (χ0n) is 15.9. The van der Waals surface area contributed by atoms with Gasteiger partial charge in [0.25, 0.3) is 0 Å². The number of benzene rings is 1. The SMILES string of the molecule is C#Cc1ccc(N2CCC3(CC2)C[C@H](C)N(c2ccc(C#N)c(Cl)c2)C3)nn1. The standard InChI is InChI=1S/C22H22ClN5/c1-3-18-5-7-21(26-25-18)27-10-8-22(9-11-27)13-16(2)28(15-22)19-6-4-17(14-24)20(23)12-19/h1,4-7,12,16H,8-11,13,15H2,2H3/t16-/m0/s1. The number of nitriles is 1. The second kappa shape index (κ2) is 7.34. The van der Waals surface area contributed by atoms with E-state index in [4.69, 9.17) is 23.3 Å². The Hall–Kier alpha value is -2.76. The Kier molecular flexibility index (Phi) is 4.87. The number of hydrogen-bond donors (Lipinski definition) is 0. The number of terminal acetylenes is 1. The number of halogens is 1. The molecule has 0 saturated carbocycles. The molecule has 4 rings (SSSR count). The normalized spacial score (nSPS) is 20.8. The molecule has 6 heteroatoms. The van der Waals surface area contributed by atoms with Gasteiger partial charge in [-0.1, -0.05) is 11.6 Å². The number of hydrogen-bond acceptors (Lipinski definition) is 5. The summed E-state index contributed by atoms with van der Waals surface area (Å²) in [7, 11) is 0. The minimum Gasteiger partial charge on any atom is -0.368 e. The van der Waals surface area contributed by atoms with E-state index >= 15 is 0 Å². The first-order valence-corrected chi connectivity index (χ1v) is 9.93. The van der Waals surface area contributed by atoms with Gasteiger partial charge in [-0.25, -0.2) is 0 Å². The predicted molar refractivity (Wildman–Crippen MR) is 111 cm³/mol. The summed E-state index contributed by atoms with van der Waals surface area (Å²) in [5.74, 6) is 3.41. The first kappa shape index (κ1) is 18.6. The number of piperidine rings is 1. The average Bonchev–Trinajstić information content (AvgIpc) is 3.04. The molecule has 2 aromatic rings. The first-order valence-electron chi connectivity index (χ1n) is 9.55. The van der Waals surface area contributed by atoms with E-state index in [9.17, 15) is 0 Å². The lowest BCUT2D eigenvalue weighted by Gasteiger charge is -2.39. The number of anilines is 2. The van der Waals surface area contributed by atoms with Gasteiger partial charge in [0.1, 0.15) is 11.8 Å². The third-order valence-electron chi connectivity index (χ3n) is 6.12. The Morgan fingerprint density at radius 3 is 2.61 bits per heavy atom. The van der Waals surface area contributed by atoms with Crippen LogP contribution in [0.2, 0.25) is 5.02 Å². The van der Waals surface area contributed by atoms with Gasteiger partial charge in [-0.05, 0) is 67.9 Å². The van der Waals surface area contributed by atoms with Crippen molar-refractivity contribution in [3.05, 3.63) is 46.6 Å². The van der Waals surface area contributed by atoms with E-state index in [1.165, 1.54) is 6.42 Å². The highest BCUT2D eigenvalue weighted by atomic mass is 35.5. The molecule has 1 aromatic heterocycles. The highest BCUT2D eigenvalue weighted by molar-refractivity contribution is 6.32. The fourth-order valence-electron chi connectivity index (χ4n) is 4.58. The van der Waals surface area contributed by atoms with Gasteiger partial charge in [0, 0.05) is 31.4 Å². The third kappa shape index (κ3) is 3.39. The van der Waals surface area contributed by atoms with Crippen molar-refractivity contribution < 1.29 is 0 Å². The first-order chi connectivity index (χ1) is 13.5. The van der Waals surface area contributed by atoms with E-state index in [1.54, 1.807) is 0 Å². The number of rotatable bonds is 2. The minimum atomic E-state index is 0.308. The van der Waals surface area contributed by atoms with Crippen molar-refractivity contribution in [3.63, 3.8) is 0 Å². The van der Waals surface area contributed by atoms with Gasteiger partial charge in [0.05, 0.1) is 10.6 Å². The quantitative estimate of drug-likeness (QED) is 0.727. The van der Waals surface area contributed by atoms with Crippen molar-refractivity contribution >= 4 is 23.1 Å². The predicted octanol–water partition coefficient (Wildman–Crippen LogP) is 3.87. The van der Waals surface area contributed by atoms with Crippen LogP contribution in [-0.2, 0) is 0 Å². The van der Waals surface area contributed by atoms with E-state index in [1.807, 2.05) is 30.3 Å². The molecule has 5 nitrogen and oxygen atoms in total. The summed E-state index contributed by atoms with van der Waals surface area (Å²) in [6.45, 7) is 5.24. The molecular formula is C22H22ClN5. The van der Waals surface area contributed by atoms with E-state index in [0.717, 1.165) is 44.0 Å². The molecule has 2 saturated heterocycles. The molecule has 0 N–H and O–H groups in total.